The third kappa shape index (κ3) is 2.69. The quantitative estimate of drug-likeness (QED) is 0.671. The van der Waals surface area contributed by atoms with E-state index < -0.39 is 0 Å². The second-order valence-corrected chi connectivity index (χ2v) is 6.09. The molecule has 0 radical (unpaired) electrons. The molecular weight excluding hydrogens is 352 g/mol. The molecule has 0 aliphatic heterocycles. The number of nitrogens with two attached hydrogens (primary N) is 1. The molecule has 3 nitrogen and oxygen atoms in total. The van der Waals surface area contributed by atoms with Gasteiger partial charge in [-0.3, -0.25) is 0 Å². The average Bonchev–Trinajstić information content (AvgIpc) is 2.80. The van der Waals surface area contributed by atoms with Crippen LogP contribution in [0.5, 0.6) is 0 Å². The molecule has 0 aliphatic carbocycles. The van der Waals surface area contributed by atoms with Crippen LogP contribution in [0.25, 0.3) is 22.4 Å². The molecule has 5 heteroatoms. The zero-order valence-electron chi connectivity index (χ0n) is 11.2. The van der Waals surface area contributed by atoms with E-state index in [-0.39, 0.29) is 5.88 Å². The Labute approximate surface area is 135 Å². The summed E-state index contributed by atoms with van der Waals surface area (Å²) in [5.74, 6) is 0.287. The lowest BCUT2D eigenvalue weighted by molar-refractivity contribution is 0.439. The van der Waals surface area contributed by atoms with Crippen LogP contribution in [-0.2, 0) is 0 Å². The first kappa shape index (κ1) is 14.2. The summed E-state index contributed by atoms with van der Waals surface area (Å²) in [6.45, 7) is 2.02. The number of nitrogens with zero attached hydrogens (tertiary/aromatic N) is 1. The van der Waals surface area contributed by atoms with Crippen molar-refractivity contribution in [3.63, 3.8) is 0 Å². The van der Waals surface area contributed by atoms with E-state index >= 15 is 0 Å². The fourth-order valence-corrected chi connectivity index (χ4v) is 2.97. The smallest absolute Gasteiger partial charge is 0.230 e. The van der Waals surface area contributed by atoms with E-state index in [0.717, 1.165) is 32.4 Å². The van der Waals surface area contributed by atoms with Crippen LogP contribution in [0, 0.1) is 6.92 Å². The van der Waals surface area contributed by atoms with Crippen molar-refractivity contribution < 1.29 is 4.52 Å². The molecule has 21 heavy (non-hydrogen) atoms. The monoisotopic (exact) mass is 362 g/mol. The topological polar surface area (TPSA) is 52.0 Å². The van der Waals surface area contributed by atoms with Crippen molar-refractivity contribution in [3.8, 4) is 22.4 Å². The summed E-state index contributed by atoms with van der Waals surface area (Å²) in [5.41, 5.74) is 10.4. The number of aromatic nitrogens is 1. The maximum atomic E-state index is 6.07. The summed E-state index contributed by atoms with van der Waals surface area (Å²) in [6.07, 6.45) is 0. The zero-order valence-corrected chi connectivity index (χ0v) is 13.6. The molecule has 0 aliphatic rings. The lowest BCUT2D eigenvalue weighted by atomic mass is 9.98. The number of benzene rings is 2. The lowest BCUT2D eigenvalue weighted by Crippen LogP contribution is -1.89. The molecule has 0 bridgehead atoms. The van der Waals surface area contributed by atoms with Crippen molar-refractivity contribution in [1.29, 1.82) is 0 Å². The first-order valence-corrected chi connectivity index (χ1v) is 7.51. The Kier molecular flexibility index (Phi) is 3.74. The highest BCUT2D eigenvalue weighted by Gasteiger charge is 2.19. The van der Waals surface area contributed by atoms with Crippen molar-refractivity contribution in [2.75, 3.05) is 5.73 Å². The molecule has 2 aromatic carbocycles. The number of anilines is 1. The van der Waals surface area contributed by atoms with Gasteiger partial charge in [-0.25, -0.2) is 0 Å². The van der Waals surface area contributed by atoms with Crippen LogP contribution in [0.3, 0.4) is 0 Å². The Balaban J connectivity index is 2.22. The van der Waals surface area contributed by atoms with Crippen molar-refractivity contribution >= 4 is 33.4 Å². The van der Waals surface area contributed by atoms with E-state index in [0.29, 0.717) is 5.02 Å². The van der Waals surface area contributed by atoms with Gasteiger partial charge < -0.3 is 10.3 Å². The van der Waals surface area contributed by atoms with Crippen molar-refractivity contribution in [1.82, 2.24) is 5.16 Å². The third-order valence-corrected chi connectivity index (χ3v) is 4.00. The third-order valence-electron chi connectivity index (χ3n) is 3.28. The van der Waals surface area contributed by atoms with E-state index in [1.807, 2.05) is 49.4 Å². The predicted molar refractivity (Wildman–Crippen MR) is 89.2 cm³/mol. The molecule has 106 valence electrons. The van der Waals surface area contributed by atoms with Crippen molar-refractivity contribution in [2.24, 2.45) is 0 Å². The predicted octanol–water partition coefficient (Wildman–Crippen LogP) is 5.32. The standard InChI is InChI=1S/C16H12BrClN2O/c1-9-7-11(17)5-6-13(9)15-14(16(19)21-20-15)10-3-2-4-12(18)8-10/h2-8H,19H2,1H3. The van der Waals surface area contributed by atoms with Crippen molar-refractivity contribution in [3.05, 3.63) is 57.5 Å². The summed E-state index contributed by atoms with van der Waals surface area (Å²) in [5, 5.41) is 4.77. The van der Waals surface area contributed by atoms with Crippen LogP contribution in [0.1, 0.15) is 5.56 Å². The summed E-state index contributed by atoms with van der Waals surface area (Å²) in [4.78, 5) is 0. The van der Waals surface area contributed by atoms with E-state index in [9.17, 15) is 0 Å². The van der Waals surface area contributed by atoms with Gasteiger partial charge in [-0.2, -0.15) is 0 Å². The van der Waals surface area contributed by atoms with Gasteiger partial charge in [0.1, 0.15) is 5.69 Å². The fraction of sp³-hybridized carbons (Fsp3) is 0.0625. The van der Waals surface area contributed by atoms with Gasteiger partial charge in [-0.15, -0.1) is 0 Å². The van der Waals surface area contributed by atoms with Crippen LogP contribution in [0.2, 0.25) is 5.02 Å². The second kappa shape index (κ2) is 5.54. The molecule has 0 atom stereocenters. The van der Waals surface area contributed by atoms with Crippen LogP contribution in [0.4, 0.5) is 5.88 Å². The summed E-state index contributed by atoms with van der Waals surface area (Å²) < 4.78 is 6.22. The molecule has 1 heterocycles. The summed E-state index contributed by atoms with van der Waals surface area (Å²) in [6, 6.07) is 13.5. The van der Waals surface area contributed by atoms with Crippen molar-refractivity contribution in [2.45, 2.75) is 6.92 Å². The lowest BCUT2D eigenvalue weighted by Gasteiger charge is -2.06. The maximum Gasteiger partial charge on any atom is 0.230 e. The molecule has 0 amide bonds. The molecule has 0 spiro atoms. The minimum absolute atomic E-state index is 0.287. The Hall–Kier alpha value is -1.78. The zero-order chi connectivity index (χ0) is 15.0. The largest absolute Gasteiger partial charge is 0.367 e. The maximum absolute atomic E-state index is 6.07. The Morgan fingerprint density at radius 3 is 2.71 bits per heavy atom. The first-order valence-electron chi connectivity index (χ1n) is 6.34. The highest BCUT2D eigenvalue weighted by molar-refractivity contribution is 9.10. The van der Waals surface area contributed by atoms with Crippen LogP contribution in [0.15, 0.2) is 51.5 Å². The molecule has 0 unspecified atom stereocenters. The van der Waals surface area contributed by atoms with Crippen LogP contribution >= 0.6 is 27.5 Å². The molecule has 0 fully saturated rings. The van der Waals surface area contributed by atoms with Gasteiger partial charge in [0.15, 0.2) is 0 Å². The molecule has 0 saturated heterocycles. The Morgan fingerprint density at radius 2 is 2.00 bits per heavy atom. The second-order valence-electron chi connectivity index (χ2n) is 4.74. The number of halogens is 2. The minimum Gasteiger partial charge on any atom is -0.367 e. The van der Waals surface area contributed by atoms with E-state index in [2.05, 4.69) is 21.1 Å². The van der Waals surface area contributed by atoms with Crippen LogP contribution in [-0.4, -0.2) is 5.16 Å². The highest BCUT2D eigenvalue weighted by atomic mass is 79.9. The van der Waals surface area contributed by atoms with E-state index in [1.165, 1.54) is 0 Å². The Bertz CT molecular complexity index is 814. The fourth-order valence-electron chi connectivity index (χ4n) is 2.30. The number of hydrogen-bond donors (Lipinski definition) is 1. The van der Waals surface area contributed by atoms with Gasteiger partial charge in [-0.05, 0) is 42.3 Å². The highest BCUT2D eigenvalue weighted by Crippen LogP contribution is 2.38. The van der Waals surface area contributed by atoms with Gasteiger partial charge in [0.25, 0.3) is 0 Å². The molecule has 2 N–H and O–H groups in total. The number of nitrogen functional groups attached to an aromatic ring is 1. The average molecular weight is 364 g/mol. The molecular formula is C16H12BrClN2O. The molecule has 1 aromatic heterocycles. The molecule has 3 rings (SSSR count). The van der Waals surface area contributed by atoms with Gasteiger partial charge in [-0.1, -0.05) is 50.9 Å². The normalized spacial score (nSPS) is 10.8. The first-order chi connectivity index (χ1) is 10.1. The van der Waals surface area contributed by atoms with Gasteiger partial charge in [0.05, 0.1) is 5.56 Å². The number of aryl methyl sites for hydroxylation is 1. The molecule has 0 saturated carbocycles. The Morgan fingerprint density at radius 1 is 1.19 bits per heavy atom. The van der Waals surface area contributed by atoms with Crippen LogP contribution < -0.4 is 5.73 Å². The number of hydrogen-bond acceptors (Lipinski definition) is 3. The molecule has 3 aromatic rings. The van der Waals surface area contributed by atoms with E-state index in [1.54, 1.807) is 0 Å². The SMILES string of the molecule is Cc1cc(Br)ccc1-c1noc(N)c1-c1cccc(Cl)c1. The summed E-state index contributed by atoms with van der Waals surface area (Å²) >= 11 is 9.53. The summed E-state index contributed by atoms with van der Waals surface area (Å²) in [7, 11) is 0. The number of rotatable bonds is 2. The van der Waals surface area contributed by atoms with E-state index in [4.69, 9.17) is 21.9 Å². The van der Waals surface area contributed by atoms with Gasteiger partial charge >= 0.3 is 0 Å². The minimum atomic E-state index is 0.287. The van der Waals surface area contributed by atoms with Gasteiger partial charge in [0.2, 0.25) is 5.88 Å². The van der Waals surface area contributed by atoms with Gasteiger partial charge in [0, 0.05) is 15.1 Å².